The number of carbonyl (C=O) groups excluding carboxylic acids is 3. The molecule has 2 unspecified atom stereocenters. The molecule has 148 valence electrons. The van der Waals surface area contributed by atoms with Crippen molar-refractivity contribution in [2.24, 2.45) is 11.8 Å². The highest BCUT2D eigenvalue weighted by atomic mass is 16.2. The van der Waals surface area contributed by atoms with Crippen molar-refractivity contribution in [2.45, 2.75) is 45.6 Å². The summed E-state index contributed by atoms with van der Waals surface area (Å²) in [7, 11) is 0. The van der Waals surface area contributed by atoms with E-state index in [0.29, 0.717) is 6.54 Å². The Bertz CT molecular complexity index is 896. The second kappa shape index (κ2) is 7.73. The summed E-state index contributed by atoms with van der Waals surface area (Å²) in [6.07, 6.45) is 4.27. The predicted octanol–water partition coefficient (Wildman–Crippen LogP) is 2.03. The van der Waals surface area contributed by atoms with Crippen LogP contribution in [0.5, 0.6) is 0 Å². The van der Waals surface area contributed by atoms with Crippen molar-refractivity contribution in [1.82, 2.24) is 19.8 Å². The van der Waals surface area contributed by atoms with E-state index >= 15 is 0 Å². The maximum atomic E-state index is 12.4. The minimum absolute atomic E-state index is 0.155. The summed E-state index contributed by atoms with van der Waals surface area (Å²) in [5.41, 5.74) is 2.05. The molecular formula is C21H26N4O3. The van der Waals surface area contributed by atoms with Crippen molar-refractivity contribution < 1.29 is 14.4 Å². The van der Waals surface area contributed by atoms with E-state index in [1.165, 1.54) is 4.90 Å². The van der Waals surface area contributed by atoms with Crippen molar-refractivity contribution in [3.63, 3.8) is 0 Å². The molecule has 28 heavy (non-hydrogen) atoms. The Labute approximate surface area is 164 Å². The number of carbonyl (C=O) groups is 3. The molecule has 0 spiro atoms. The maximum Gasteiger partial charge on any atom is 0.240 e. The van der Waals surface area contributed by atoms with Crippen LogP contribution in [0.15, 0.2) is 24.3 Å². The van der Waals surface area contributed by atoms with E-state index < -0.39 is 0 Å². The Balaban J connectivity index is 1.27. The first-order valence-electron chi connectivity index (χ1n) is 10.1. The number of likely N-dealkylation sites (tertiary alicyclic amines) is 1. The quantitative estimate of drug-likeness (QED) is 0.612. The molecule has 4 rings (SSSR count). The van der Waals surface area contributed by atoms with Gasteiger partial charge in [-0.1, -0.05) is 25.0 Å². The maximum absolute atomic E-state index is 12.4. The van der Waals surface area contributed by atoms with Crippen molar-refractivity contribution in [3.8, 4) is 0 Å². The predicted molar refractivity (Wildman–Crippen MR) is 104 cm³/mol. The van der Waals surface area contributed by atoms with Crippen LogP contribution in [0.2, 0.25) is 0 Å². The second-order valence-electron chi connectivity index (χ2n) is 7.76. The molecule has 0 bridgehead atoms. The van der Waals surface area contributed by atoms with Gasteiger partial charge >= 0.3 is 0 Å². The van der Waals surface area contributed by atoms with E-state index in [9.17, 15) is 14.4 Å². The molecule has 1 aromatic heterocycles. The number of aromatic nitrogens is 2. The molecule has 1 aliphatic heterocycles. The van der Waals surface area contributed by atoms with Gasteiger partial charge in [0, 0.05) is 13.1 Å². The summed E-state index contributed by atoms with van der Waals surface area (Å²) in [5.74, 6) is -0.0511. The third-order valence-corrected chi connectivity index (χ3v) is 5.96. The highest BCUT2D eigenvalue weighted by Gasteiger charge is 2.48. The number of fused-ring (bicyclic) bond motifs is 2. The Hall–Kier alpha value is -2.70. The molecule has 2 aromatic rings. The number of nitrogens with zero attached hydrogens (tertiary/aromatic N) is 3. The Morgan fingerprint density at radius 2 is 1.82 bits per heavy atom. The fourth-order valence-corrected chi connectivity index (χ4v) is 4.53. The zero-order valence-electron chi connectivity index (χ0n) is 16.2. The summed E-state index contributed by atoms with van der Waals surface area (Å²) >= 11 is 0. The van der Waals surface area contributed by atoms with Crippen LogP contribution < -0.4 is 5.32 Å². The molecule has 1 aliphatic carbocycles. The van der Waals surface area contributed by atoms with Crippen molar-refractivity contribution in [1.29, 1.82) is 0 Å². The lowest BCUT2D eigenvalue weighted by atomic mass is 9.81. The van der Waals surface area contributed by atoms with E-state index in [4.69, 9.17) is 0 Å². The average Bonchev–Trinajstić information content (AvgIpc) is 3.14. The summed E-state index contributed by atoms with van der Waals surface area (Å²) in [6.45, 7) is 3.06. The Morgan fingerprint density at radius 1 is 1.14 bits per heavy atom. The number of amides is 3. The summed E-state index contributed by atoms with van der Waals surface area (Å²) in [4.78, 5) is 42.9. The lowest BCUT2D eigenvalue weighted by molar-refractivity contribution is -0.143. The smallest absolute Gasteiger partial charge is 0.240 e. The first kappa shape index (κ1) is 18.7. The van der Waals surface area contributed by atoms with Gasteiger partial charge in [0.2, 0.25) is 17.7 Å². The number of imide groups is 1. The molecule has 2 fully saturated rings. The lowest BCUT2D eigenvalue weighted by Crippen LogP contribution is -2.41. The molecule has 3 amide bonds. The zero-order chi connectivity index (χ0) is 19.7. The Morgan fingerprint density at radius 3 is 2.54 bits per heavy atom. The highest BCUT2D eigenvalue weighted by molar-refractivity contribution is 6.07. The van der Waals surface area contributed by atoms with E-state index in [0.717, 1.165) is 55.5 Å². The molecule has 1 aromatic carbocycles. The fraction of sp³-hybridized carbons (Fsp3) is 0.524. The van der Waals surface area contributed by atoms with Crippen LogP contribution >= 0.6 is 0 Å². The topological polar surface area (TPSA) is 84.3 Å². The van der Waals surface area contributed by atoms with E-state index in [1.807, 2.05) is 31.2 Å². The van der Waals surface area contributed by atoms with Gasteiger partial charge in [0.1, 0.15) is 12.4 Å². The molecule has 7 heteroatoms. The summed E-state index contributed by atoms with van der Waals surface area (Å²) in [6, 6.07) is 7.99. The highest BCUT2D eigenvalue weighted by Crippen LogP contribution is 2.37. The number of hydrogen-bond acceptors (Lipinski definition) is 4. The molecule has 1 saturated heterocycles. The number of rotatable bonds is 6. The third-order valence-electron chi connectivity index (χ3n) is 5.96. The molecule has 1 N–H and O–H groups in total. The molecule has 2 atom stereocenters. The van der Waals surface area contributed by atoms with Gasteiger partial charge in [0.05, 0.1) is 22.9 Å². The van der Waals surface area contributed by atoms with Gasteiger partial charge in [-0.25, -0.2) is 4.98 Å². The number of aryl methyl sites for hydroxylation is 2. The van der Waals surface area contributed by atoms with Crippen LogP contribution in [0.3, 0.4) is 0 Å². The summed E-state index contributed by atoms with van der Waals surface area (Å²) in [5, 5.41) is 2.84. The lowest BCUT2D eigenvalue weighted by Gasteiger charge is -2.19. The number of hydrogen-bond donors (Lipinski definition) is 1. The number of imidazole rings is 1. The second-order valence-corrected chi connectivity index (χ2v) is 7.76. The van der Waals surface area contributed by atoms with Crippen LogP contribution in [-0.4, -0.2) is 45.3 Å². The van der Waals surface area contributed by atoms with Crippen molar-refractivity contribution in [2.75, 3.05) is 13.1 Å². The van der Waals surface area contributed by atoms with Gasteiger partial charge in [0.15, 0.2) is 0 Å². The van der Waals surface area contributed by atoms with Crippen molar-refractivity contribution >= 4 is 28.8 Å². The third kappa shape index (κ3) is 3.41. The standard InChI is InChI=1S/C21H26N4O3/c1-14-23-17-9-4-5-10-18(17)24(14)12-6-11-22-19(26)13-25-20(27)15-7-2-3-8-16(15)21(25)28/h4-5,9-10,15-16H,2-3,6-8,11-13H2,1H3,(H,22,26). The van der Waals surface area contributed by atoms with Gasteiger partial charge in [0.25, 0.3) is 0 Å². The molecule has 2 aliphatic rings. The van der Waals surface area contributed by atoms with Crippen LogP contribution in [0, 0.1) is 18.8 Å². The number of para-hydroxylation sites is 2. The normalized spacial score (nSPS) is 22.0. The van der Waals surface area contributed by atoms with E-state index in [2.05, 4.69) is 14.9 Å². The van der Waals surface area contributed by atoms with Gasteiger partial charge in [-0.3, -0.25) is 19.3 Å². The van der Waals surface area contributed by atoms with Gasteiger partial charge in [-0.05, 0) is 38.3 Å². The monoisotopic (exact) mass is 382 g/mol. The zero-order valence-corrected chi connectivity index (χ0v) is 16.2. The summed E-state index contributed by atoms with van der Waals surface area (Å²) < 4.78 is 2.14. The molecule has 0 radical (unpaired) electrons. The molecule has 2 heterocycles. The Kier molecular flexibility index (Phi) is 5.15. The minimum atomic E-state index is -0.271. The number of benzene rings is 1. The first-order chi connectivity index (χ1) is 13.6. The van der Waals surface area contributed by atoms with E-state index in [-0.39, 0.29) is 36.1 Å². The molecule has 7 nitrogen and oxygen atoms in total. The van der Waals surface area contributed by atoms with Gasteiger partial charge < -0.3 is 9.88 Å². The largest absolute Gasteiger partial charge is 0.354 e. The van der Waals surface area contributed by atoms with Crippen LogP contribution in [0.25, 0.3) is 11.0 Å². The van der Waals surface area contributed by atoms with Crippen LogP contribution in [0.1, 0.15) is 37.9 Å². The van der Waals surface area contributed by atoms with E-state index in [1.54, 1.807) is 0 Å². The van der Waals surface area contributed by atoms with Gasteiger partial charge in [-0.2, -0.15) is 0 Å². The van der Waals surface area contributed by atoms with Crippen LogP contribution in [0.4, 0.5) is 0 Å². The van der Waals surface area contributed by atoms with Gasteiger partial charge in [-0.15, -0.1) is 0 Å². The van der Waals surface area contributed by atoms with Crippen molar-refractivity contribution in [3.05, 3.63) is 30.1 Å². The molecular weight excluding hydrogens is 356 g/mol. The van der Waals surface area contributed by atoms with Crippen LogP contribution in [-0.2, 0) is 20.9 Å². The average molecular weight is 382 g/mol. The SMILES string of the molecule is Cc1nc2ccccc2n1CCCNC(=O)CN1C(=O)C2CCCCC2C1=O. The minimum Gasteiger partial charge on any atom is -0.354 e. The first-order valence-corrected chi connectivity index (χ1v) is 10.1. The number of nitrogens with one attached hydrogen (secondary N) is 1. The molecule has 1 saturated carbocycles. The fourth-order valence-electron chi connectivity index (χ4n) is 4.53.